The minimum absolute atomic E-state index is 0.0589. The van der Waals surface area contributed by atoms with Crippen molar-refractivity contribution in [2.75, 3.05) is 24.1 Å². The molecule has 8 heteroatoms. The molecule has 0 spiro atoms. The number of sulfonamides is 1. The zero-order chi connectivity index (χ0) is 24.1. The molecule has 0 saturated carbocycles. The van der Waals surface area contributed by atoms with Gasteiger partial charge in [0.2, 0.25) is 0 Å². The average molecular weight is 497 g/mol. The van der Waals surface area contributed by atoms with Gasteiger partial charge in [0.1, 0.15) is 11.5 Å². The van der Waals surface area contributed by atoms with E-state index in [0.717, 1.165) is 17.7 Å². The molecule has 0 bridgehead atoms. The summed E-state index contributed by atoms with van der Waals surface area (Å²) in [6, 6.07) is 20.8. The second-order valence-electron chi connectivity index (χ2n) is 8.38. The highest BCUT2D eigenvalue weighted by molar-refractivity contribution is 7.98. The number of anilines is 1. The Morgan fingerprint density at radius 2 is 1.62 bits per heavy atom. The van der Waals surface area contributed by atoms with Gasteiger partial charge in [0, 0.05) is 23.7 Å². The normalized spacial score (nSPS) is 14.6. The molecule has 1 heterocycles. The van der Waals surface area contributed by atoms with E-state index in [1.165, 1.54) is 23.9 Å². The van der Waals surface area contributed by atoms with Crippen molar-refractivity contribution >= 4 is 33.4 Å². The molecule has 0 aliphatic carbocycles. The van der Waals surface area contributed by atoms with Gasteiger partial charge < -0.3 is 9.64 Å². The lowest BCUT2D eigenvalue weighted by Crippen LogP contribution is -2.38. The van der Waals surface area contributed by atoms with Crippen molar-refractivity contribution in [1.82, 2.24) is 4.90 Å². The molecular formula is C26H28N2O4S2. The molecular weight excluding hydrogens is 468 g/mol. The Hall–Kier alpha value is -2.97. The second-order valence-corrected chi connectivity index (χ2v) is 10.9. The Bertz CT molecular complexity index is 1240. The van der Waals surface area contributed by atoms with Gasteiger partial charge in [-0.1, -0.05) is 25.1 Å². The molecule has 1 amide bonds. The molecule has 1 fully saturated rings. The van der Waals surface area contributed by atoms with Crippen LogP contribution in [-0.2, 0) is 10.0 Å². The van der Waals surface area contributed by atoms with E-state index in [0.29, 0.717) is 41.8 Å². The highest BCUT2D eigenvalue weighted by Gasteiger charge is 2.25. The standard InChI is InChI=1S/C26H28N2O4S2/c1-19-14-16-28(17-15-19)26(29)24-18-23(12-13-25(24)33-2)34(30,31)27-20-8-10-22(11-9-20)32-21-6-4-3-5-7-21/h3-13,18-19,27H,14-17H2,1-2H3. The van der Waals surface area contributed by atoms with Gasteiger partial charge >= 0.3 is 0 Å². The summed E-state index contributed by atoms with van der Waals surface area (Å²) in [5.41, 5.74) is 0.837. The van der Waals surface area contributed by atoms with Crippen LogP contribution in [0.2, 0.25) is 0 Å². The number of piperidine rings is 1. The van der Waals surface area contributed by atoms with Crippen molar-refractivity contribution < 1.29 is 17.9 Å². The maximum atomic E-state index is 13.2. The Kier molecular flexibility index (Phi) is 7.48. The van der Waals surface area contributed by atoms with Crippen LogP contribution < -0.4 is 9.46 Å². The van der Waals surface area contributed by atoms with Gasteiger partial charge in [-0.05, 0) is 79.6 Å². The Balaban J connectivity index is 1.51. The summed E-state index contributed by atoms with van der Waals surface area (Å²) in [6.07, 6.45) is 3.81. The van der Waals surface area contributed by atoms with Gasteiger partial charge in [-0.25, -0.2) is 8.42 Å². The van der Waals surface area contributed by atoms with Crippen LogP contribution in [0, 0.1) is 5.92 Å². The number of carbonyl (C=O) groups excluding carboxylic acids is 1. The number of ether oxygens (including phenoxy) is 1. The molecule has 0 aromatic heterocycles. The number of benzene rings is 3. The third kappa shape index (κ3) is 5.74. The molecule has 3 aromatic rings. The summed E-state index contributed by atoms with van der Waals surface area (Å²) in [5.74, 6) is 1.78. The molecule has 3 aromatic carbocycles. The predicted octanol–water partition coefficient (Wildman–Crippen LogP) is 5.87. The smallest absolute Gasteiger partial charge is 0.261 e. The number of amides is 1. The number of hydrogen-bond donors (Lipinski definition) is 1. The molecule has 1 N–H and O–H groups in total. The molecule has 1 aliphatic rings. The van der Waals surface area contributed by atoms with Crippen molar-refractivity contribution in [3.63, 3.8) is 0 Å². The van der Waals surface area contributed by atoms with Crippen LogP contribution >= 0.6 is 11.8 Å². The third-order valence-electron chi connectivity index (χ3n) is 5.87. The number of para-hydroxylation sites is 1. The van der Waals surface area contributed by atoms with Crippen LogP contribution in [0.25, 0.3) is 0 Å². The molecule has 34 heavy (non-hydrogen) atoms. The molecule has 0 radical (unpaired) electrons. The number of hydrogen-bond acceptors (Lipinski definition) is 5. The first-order valence-corrected chi connectivity index (χ1v) is 13.9. The number of nitrogens with one attached hydrogen (secondary N) is 1. The van der Waals surface area contributed by atoms with Gasteiger partial charge in [-0.15, -0.1) is 11.8 Å². The number of carbonyl (C=O) groups is 1. The zero-order valence-electron chi connectivity index (χ0n) is 19.2. The summed E-state index contributed by atoms with van der Waals surface area (Å²) in [5, 5.41) is 0. The lowest BCUT2D eigenvalue weighted by atomic mass is 9.98. The van der Waals surface area contributed by atoms with Gasteiger partial charge in [-0.2, -0.15) is 0 Å². The lowest BCUT2D eigenvalue weighted by Gasteiger charge is -2.30. The van der Waals surface area contributed by atoms with Crippen LogP contribution in [0.15, 0.2) is 82.6 Å². The lowest BCUT2D eigenvalue weighted by molar-refractivity contribution is 0.0693. The van der Waals surface area contributed by atoms with Crippen molar-refractivity contribution in [2.24, 2.45) is 5.92 Å². The molecule has 6 nitrogen and oxygen atoms in total. The monoisotopic (exact) mass is 496 g/mol. The van der Waals surface area contributed by atoms with E-state index >= 15 is 0 Å². The van der Waals surface area contributed by atoms with Crippen LogP contribution in [0.3, 0.4) is 0 Å². The summed E-state index contributed by atoms with van der Waals surface area (Å²) in [6.45, 7) is 3.58. The first-order valence-electron chi connectivity index (χ1n) is 11.2. The van der Waals surface area contributed by atoms with E-state index in [-0.39, 0.29) is 10.8 Å². The fourth-order valence-corrected chi connectivity index (χ4v) is 5.49. The van der Waals surface area contributed by atoms with Crippen molar-refractivity contribution in [3.8, 4) is 11.5 Å². The number of nitrogens with zero attached hydrogens (tertiary/aromatic N) is 1. The quantitative estimate of drug-likeness (QED) is 0.414. The number of likely N-dealkylation sites (tertiary alicyclic amines) is 1. The van der Waals surface area contributed by atoms with Crippen LogP contribution in [0.1, 0.15) is 30.1 Å². The fourth-order valence-electron chi connectivity index (χ4n) is 3.83. The summed E-state index contributed by atoms with van der Waals surface area (Å²) in [7, 11) is -3.88. The zero-order valence-corrected chi connectivity index (χ0v) is 20.9. The van der Waals surface area contributed by atoms with Gasteiger partial charge in [0.15, 0.2) is 0 Å². The maximum absolute atomic E-state index is 13.2. The summed E-state index contributed by atoms with van der Waals surface area (Å²) >= 11 is 1.44. The molecule has 4 rings (SSSR count). The molecule has 0 unspecified atom stereocenters. The highest BCUT2D eigenvalue weighted by atomic mass is 32.2. The van der Waals surface area contributed by atoms with Crippen LogP contribution in [0.4, 0.5) is 5.69 Å². The van der Waals surface area contributed by atoms with Crippen molar-refractivity contribution in [2.45, 2.75) is 29.6 Å². The third-order valence-corrected chi connectivity index (χ3v) is 8.04. The van der Waals surface area contributed by atoms with E-state index in [4.69, 9.17) is 4.74 Å². The van der Waals surface area contributed by atoms with E-state index in [1.807, 2.05) is 41.5 Å². The number of thioether (sulfide) groups is 1. The molecule has 1 saturated heterocycles. The van der Waals surface area contributed by atoms with E-state index in [1.54, 1.807) is 30.3 Å². The van der Waals surface area contributed by atoms with Crippen molar-refractivity contribution in [1.29, 1.82) is 0 Å². The Morgan fingerprint density at radius 3 is 2.26 bits per heavy atom. The minimum atomic E-state index is -3.88. The Labute approximate surface area is 205 Å². The fraction of sp³-hybridized carbons (Fsp3) is 0.269. The largest absolute Gasteiger partial charge is 0.457 e. The topological polar surface area (TPSA) is 75.7 Å². The average Bonchev–Trinajstić information content (AvgIpc) is 2.85. The van der Waals surface area contributed by atoms with Crippen LogP contribution in [-0.4, -0.2) is 38.6 Å². The van der Waals surface area contributed by atoms with E-state index < -0.39 is 10.0 Å². The van der Waals surface area contributed by atoms with Gasteiger partial charge in [0.25, 0.3) is 15.9 Å². The Morgan fingerprint density at radius 1 is 0.971 bits per heavy atom. The van der Waals surface area contributed by atoms with Crippen LogP contribution in [0.5, 0.6) is 11.5 Å². The first-order chi connectivity index (χ1) is 16.4. The van der Waals surface area contributed by atoms with E-state index in [2.05, 4.69) is 11.6 Å². The molecule has 1 aliphatic heterocycles. The SMILES string of the molecule is CSc1ccc(S(=O)(=O)Nc2ccc(Oc3ccccc3)cc2)cc1C(=O)N1CCC(C)CC1. The van der Waals surface area contributed by atoms with Crippen molar-refractivity contribution in [3.05, 3.63) is 78.4 Å². The molecule has 178 valence electrons. The highest BCUT2D eigenvalue weighted by Crippen LogP contribution is 2.29. The summed E-state index contributed by atoms with van der Waals surface area (Å²) in [4.78, 5) is 15.8. The number of rotatable bonds is 7. The minimum Gasteiger partial charge on any atom is -0.457 e. The van der Waals surface area contributed by atoms with E-state index in [9.17, 15) is 13.2 Å². The second kappa shape index (κ2) is 10.5. The molecule has 0 atom stereocenters. The maximum Gasteiger partial charge on any atom is 0.261 e. The first kappa shape index (κ1) is 24.2. The van der Waals surface area contributed by atoms with Gasteiger partial charge in [0.05, 0.1) is 10.5 Å². The summed E-state index contributed by atoms with van der Waals surface area (Å²) < 4.78 is 34.6. The predicted molar refractivity (Wildman–Crippen MR) is 136 cm³/mol. The van der Waals surface area contributed by atoms with Gasteiger partial charge in [-0.3, -0.25) is 9.52 Å².